The van der Waals surface area contributed by atoms with Crippen LogP contribution >= 0.6 is 11.6 Å². The highest BCUT2D eigenvalue weighted by Gasteiger charge is 2.31. The maximum atomic E-state index is 13.2. The first-order valence-corrected chi connectivity index (χ1v) is 14.0. The molecule has 0 saturated carbocycles. The third-order valence-corrected chi connectivity index (χ3v) is 7.69. The molecule has 2 saturated heterocycles. The molecular weight excluding hydrogens is 500 g/mol. The molecule has 0 aliphatic carbocycles. The van der Waals surface area contributed by atoms with Gasteiger partial charge in [-0.3, -0.25) is 9.69 Å². The van der Waals surface area contributed by atoms with Crippen molar-refractivity contribution < 1.29 is 14.3 Å². The fraction of sp³-hybridized carbons (Fsp3) is 0.533. The van der Waals surface area contributed by atoms with Crippen LogP contribution in [-0.2, 0) is 16.1 Å². The lowest BCUT2D eigenvalue weighted by Gasteiger charge is -2.40. The van der Waals surface area contributed by atoms with Crippen molar-refractivity contribution in [2.24, 2.45) is 5.92 Å². The van der Waals surface area contributed by atoms with E-state index >= 15 is 0 Å². The topological polar surface area (TPSA) is 56.3 Å². The molecule has 2 heterocycles. The van der Waals surface area contributed by atoms with Gasteiger partial charge in [0.2, 0.25) is 5.91 Å². The first-order valence-electron chi connectivity index (χ1n) is 13.6. The number of carbonyl (C=O) groups is 2. The van der Waals surface area contributed by atoms with Crippen LogP contribution in [0.5, 0.6) is 0 Å². The van der Waals surface area contributed by atoms with Gasteiger partial charge in [-0.2, -0.15) is 0 Å². The highest BCUT2D eigenvalue weighted by atomic mass is 35.5. The summed E-state index contributed by atoms with van der Waals surface area (Å²) in [5.41, 5.74) is 2.79. The minimum absolute atomic E-state index is 0.0333. The number of piperazine rings is 1. The predicted molar refractivity (Wildman–Crippen MR) is 154 cm³/mol. The third kappa shape index (κ3) is 7.20. The summed E-state index contributed by atoms with van der Waals surface area (Å²) in [6, 6.07) is 16.3. The predicted octanol–water partition coefficient (Wildman–Crippen LogP) is 5.66. The Bertz CT molecular complexity index is 1090. The molecule has 0 radical (unpaired) electrons. The SMILES string of the molecule is C[C@H]1CN(Cc2ccc(N(C)C(=O)C3CCN(c4ccc(Cl)cc4)CC3)cc2)CCN1C(=O)OC(C)(C)C. The highest BCUT2D eigenvalue weighted by molar-refractivity contribution is 6.30. The number of rotatable bonds is 5. The average Bonchev–Trinajstić information content (AvgIpc) is 2.88. The van der Waals surface area contributed by atoms with Crippen molar-refractivity contribution in [1.29, 1.82) is 0 Å². The summed E-state index contributed by atoms with van der Waals surface area (Å²) in [4.78, 5) is 34.0. The Morgan fingerprint density at radius 3 is 2.18 bits per heavy atom. The van der Waals surface area contributed by atoms with E-state index in [0.717, 1.165) is 62.0 Å². The highest BCUT2D eigenvalue weighted by Crippen LogP contribution is 2.27. The number of halogens is 1. The summed E-state index contributed by atoms with van der Waals surface area (Å²) in [5.74, 6) is 0.214. The van der Waals surface area contributed by atoms with Crippen LogP contribution in [0.25, 0.3) is 0 Å². The quantitative estimate of drug-likeness (QED) is 0.490. The number of hydrogen-bond acceptors (Lipinski definition) is 5. The second kappa shape index (κ2) is 12.0. The minimum Gasteiger partial charge on any atom is -0.444 e. The van der Waals surface area contributed by atoms with Crippen LogP contribution < -0.4 is 9.80 Å². The van der Waals surface area contributed by atoms with E-state index in [1.165, 1.54) is 5.56 Å². The second-order valence-electron chi connectivity index (χ2n) is 11.6. The lowest BCUT2D eigenvalue weighted by atomic mass is 9.94. The van der Waals surface area contributed by atoms with E-state index < -0.39 is 5.60 Å². The van der Waals surface area contributed by atoms with Gasteiger partial charge in [-0.15, -0.1) is 0 Å². The molecule has 38 heavy (non-hydrogen) atoms. The van der Waals surface area contributed by atoms with Gasteiger partial charge in [0, 0.05) is 74.7 Å². The number of amides is 2. The maximum Gasteiger partial charge on any atom is 0.410 e. The molecule has 8 heteroatoms. The lowest BCUT2D eigenvalue weighted by molar-refractivity contribution is -0.122. The van der Waals surface area contributed by atoms with E-state index in [9.17, 15) is 9.59 Å². The van der Waals surface area contributed by atoms with Crippen LogP contribution in [0.15, 0.2) is 48.5 Å². The average molecular weight is 541 g/mol. The van der Waals surface area contributed by atoms with Crippen LogP contribution in [0, 0.1) is 5.92 Å². The minimum atomic E-state index is -0.487. The van der Waals surface area contributed by atoms with Crippen molar-refractivity contribution in [3.63, 3.8) is 0 Å². The normalized spacial score (nSPS) is 19.4. The zero-order valence-corrected chi connectivity index (χ0v) is 24.1. The van der Waals surface area contributed by atoms with Gasteiger partial charge >= 0.3 is 6.09 Å². The van der Waals surface area contributed by atoms with Gasteiger partial charge in [0.25, 0.3) is 0 Å². The van der Waals surface area contributed by atoms with Crippen LogP contribution in [-0.4, -0.2) is 73.2 Å². The largest absolute Gasteiger partial charge is 0.444 e. The molecule has 206 valence electrons. The van der Waals surface area contributed by atoms with Crippen molar-refractivity contribution in [2.75, 3.05) is 49.6 Å². The van der Waals surface area contributed by atoms with Crippen LogP contribution in [0.2, 0.25) is 5.02 Å². The van der Waals surface area contributed by atoms with E-state index in [4.69, 9.17) is 16.3 Å². The second-order valence-corrected chi connectivity index (χ2v) is 12.0. The molecule has 2 fully saturated rings. The molecule has 0 unspecified atom stereocenters. The van der Waals surface area contributed by atoms with Crippen LogP contribution in [0.3, 0.4) is 0 Å². The van der Waals surface area contributed by atoms with Crippen molar-refractivity contribution in [3.8, 4) is 0 Å². The Morgan fingerprint density at radius 1 is 0.974 bits per heavy atom. The maximum absolute atomic E-state index is 13.2. The Hall–Kier alpha value is -2.77. The third-order valence-electron chi connectivity index (χ3n) is 7.44. The van der Waals surface area contributed by atoms with Gasteiger partial charge < -0.3 is 19.4 Å². The number of hydrogen-bond donors (Lipinski definition) is 0. The first kappa shape index (κ1) is 28.2. The van der Waals surface area contributed by atoms with Crippen LogP contribution in [0.1, 0.15) is 46.1 Å². The van der Waals surface area contributed by atoms with Crippen molar-refractivity contribution in [2.45, 2.75) is 58.7 Å². The molecule has 0 N–H and O–H groups in total. The Kier molecular flexibility index (Phi) is 8.89. The molecular formula is C30H41ClN4O3. The summed E-state index contributed by atoms with van der Waals surface area (Å²) in [6.45, 7) is 12.6. The molecule has 2 aromatic carbocycles. The van der Waals surface area contributed by atoms with E-state index in [-0.39, 0.29) is 24.0 Å². The molecule has 0 aromatic heterocycles. The summed E-state index contributed by atoms with van der Waals surface area (Å²) in [5, 5.41) is 0.738. The van der Waals surface area contributed by atoms with Crippen molar-refractivity contribution >= 4 is 35.0 Å². The molecule has 2 aromatic rings. The number of piperidine rings is 1. The molecule has 2 aliphatic rings. The molecule has 0 spiro atoms. The standard InChI is InChI=1S/C30H41ClN4O3/c1-22-20-33(18-19-35(22)29(37)38-30(2,3)4)21-23-6-10-26(11-7-23)32(5)28(36)24-14-16-34(17-15-24)27-12-8-25(31)9-13-27/h6-13,22,24H,14-21H2,1-5H3/t22-/m0/s1. The Balaban J connectivity index is 1.26. The summed E-state index contributed by atoms with van der Waals surface area (Å²) in [6.07, 6.45) is 1.45. The monoisotopic (exact) mass is 540 g/mol. The van der Waals surface area contributed by atoms with Crippen molar-refractivity contribution in [3.05, 3.63) is 59.1 Å². The van der Waals surface area contributed by atoms with Gasteiger partial charge in [0.1, 0.15) is 5.60 Å². The van der Waals surface area contributed by atoms with Gasteiger partial charge in [0.15, 0.2) is 0 Å². The Morgan fingerprint density at radius 2 is 1.61 bits per heavy atom. The van der Waals surface area contributed by atoms with E-state index in [1.54, 1.807) is 4.90 Å². The van der Waals surface area contributed by atoms with Gasteiger partial charge in [-0.25, -0.2) is 4.79 Å². The van der Waals surface area contributed by atoms with Gasteiger partial charge in [-0.05, 0) is 82.5 Å². The van der Waals surface area contributed by atoms with E-state index in [0.29, 0.717) is 6.54 Å². The Labute approximate surface area is 232 Å². The molecule has 1 atom stereocenters. The number of ether oxygens (including phenoxy) is 1. The zero-order chi connectivity index (χ0) is 27.4. The lowest BCUT2D eigenvalue weighted by Crippen LogP contribution is -2.54. The fourth-order valence-electron chi connectivity index (χ4n) is 5.29. The molecule has 0 bridgehead atoms. The smallest absolute Gasteiger partial charge is 0.410 e. The summed E-state index contributed by atoms with van der Waals surface area (Å²) >= 11 is 6.02. The summed E-state index contributed by atoms with van der Waals surface area (Å²) in [7, 11) is 1.88. The van der Waals surface area contributed by atoms with Gasteiger partial charge in [0.05, 0.1) is 0 Å². The van der Waals surface area contributed by atoms with Gasteiger partial charge in [-0.1, -0.05) is 23.7 Å². The number of nitrogens with zero attached hydrogens (tertiary/aromatic N) is 4. The molecule has 4 rings (SSSR count). The molecule has 2 amide bonds. The zero-order valence-electron chi connectivity index (χ0n) is 23.3. The fourth-order valence-corrected chi connectivity index (χ4v) is 5.42. The number of carbonyl (C=O) groups excluding carboxylic acids is 2. The number of benzene rings is 2. The molecule has 7 nitrogen and oxygen atoms in total. The van der Waals surface area contributed by atoms with E-state index in [1.807, 2.05) is 69.1 Å². The van der Waals surface area contributed by atoms with E-state index in [2.05, 4.69) is 28.9 Å². The van der Waals surface area contributed by atoms with Crippen molar-refractivity contribution in [1.82, 2.24) is 9.80 Å². The summed E-state index contributed by atoms with van der Waals surface area (Å²) < 4.78 is 5.56. The first-order chi connectivity index (χ1) is 18.0. The number of anilines is 2. The molecule has 2 aliphatic heterocycles. The van der Waals surface area contributed by atoms with Crippen LogP contribution in [0.4, 0.5) is 16.2 Å².